The van der Waals surface area contributed by atoms with Crippen LogP contribution >= 0.6 is 0 Å². The summed E-state index contributed by atoms with van der Waals surface area (Å²) >= 11 is 0. The molecule has 0 aromatic heterocycles. The number of carbonyl (C=O) groups is 1. The Balaban J connectivity index is 2.17. The molecule has 7 nitrogen and oxygen atoms in total. The van der Waals surface area contributed by atoms with Crippen molar-refractivity contribution in [1.29, 1.82) is 0 Å². The van der Waals surface area contributed by atoms with Gasteiger partial charge in [0, 0.05) is 23.4 Å². The zero-order chi connectivity index (χ0) is 18.4. The van der Waals surface area contributed by atoms with Crippen LogP contribution in [0.4, 0.5) is 15.8 Å². The molecule has 2 rings (SSSR count). The van der Waals surface area contributed by atoms with Crippen LogP contribution in [0.25, 0.3) is 6.08 Å². The molecular formula is C17H15FN2O5. The number of benzene rings is 2. The average molecular weight is 346 g/mol. The third-order valence-electron chi connectivity index (χ3n) is 3.26. The van der Waals surface area contributed by atoms with Crippen LogP contribution in [-0.2, 0) is 4.79 Å². The first kappa shape index (κ1) is 17.9. The molecule has 0 heterocycles. The molecule has 0 saturated heterocycles. The number of carbonyl (C=O) groups excluding carboxylic acids is 1. The smallest absolute Gasteiger partial charge is 0.306 e. The summed E-state index contributed by atoms with van der Waals surface area (Å²) in [6, 6.07) is 8.29. The molecule has 0 saturated carbocycles. The quantitative estimate of drug-likeness (QED) is 0.492. The largest absolute Gasteiger partial charge is 0.493 e. The zero-order valence-electron chi connectivity index (χ0n) is 13.5. The number of hydrogen-bond acceptors (Lipinski definition) is 5. The Morgan fingerprint density at radius 2 is 2.00 bits per heavy atom. The number of nitro benzene ring substituents is 1. The van der Waals surface area contributed by atoms with Gasteiger partial charge in [0.2, 0.25) is 11.7 Å². The normalized spacial score (nSPS) is 10.5. The van der Waals surface area contributed by atoms with Gasteiger partial charge in [-0.25, -0.2) is 0 Å². The summed E-state index contributed by atoms with van der Waals surface area (Å²) in [6.07, 6.45) is 2.74. The Kier molecular flexibility index (Phi) is 5.67. The topological polar surface area (TPSA) is 90.7 Å². The summed E-state index contributed by atoms with van der Waals surface area (Å²) in [5.74, 6) is -0.531. The molecule has 2 aromatic carbocycles. The van der Waals surface area contributed by atoms with Gasteiger partial charge < -0.3 is 14.8 Å². The Morgan fingerprint density at radius 1 is 1.24 bits per heavy atom. The lowest BCUT2D eigenvalue weighted by molar-refractivity contribution is -0.387. The predicted molar refractivity (Wildman–Crippen MR) is 90.3 cm³/mol. The molecule has 0 atom stereocenters. The van der Waals surface area contributed by atoms with Crippen molar-refractivity contribution >= 4 is 23.4 Å². The molecule has 8 heteroatoms. The van der Waals surface area contributed by atoms with Gasteiger partial charge in [0.05, 0.1) is 19.1 Å². The average Bonchev–Trinajstić information content (AvgIpc) is 2.60. The van der Waals surface area contributed by atoms with Crippen LogP contribution in [0.3, 0.4) is 0 Å². The van der Waals surface area contributed by atoms with E-state index in [1.54, 1.807) is 18.2 Å². The number of nitrogens with one attached hydrogen (secondary N) is 1. The number of ether oxygens (including phenoxy) is 2. The zero-order valence-corrected chi connectivity index (χ0v) is 13.5. The maximum Gasteiger partial charge on any atom is 0.306 e. The van der Waals surface area contributed by atoms with Crippen molar-refractivity contribution in [3.63, 3.8) is 0 Å². The lowest BCUT2D eigenvalue weighted by atomic mass is 10.1. The lowest BCUT2D eigenvalue weighted by Gasteiger charge is -2.09. The highest BCUT2D eigenvalue weighted by Gasteiger charge is 2.15. The first-order valence-electron chi connectivity index (χ1n) is 7.10. The molecule has 2 aromatic rings. The lowest BCUT2D eigenvalue weighted by Crippen LogP contribution is -2.08. The minimum atomic E-state index is -0.973. The van der Waals surface area contributed by atoms with Crippen molar-refractivity contribution < 1.29 is 23.6 Å². The minimum Gasteiger partial charge on any atom is -0.493 e. The van der Waals surface area contributed by atoms with E-state index in [0.717, 1.165) is 12.1 Å². The van der Waals surface area contributed by atoms with Crippen LogP contribution in [0.5, 0.6) is 11.5 Å². The summed E-state index contributed by atoms with van der Waals surface area (Å²) in [4.78, 5) is 21.8. The van der Waals surface area contributed by atoms with Crippen molar-refractivity contribution in [1.82, 2.24) is 0 Å². The summed E-state index contributed by atoms with van der Waals surface area (Å²) in [7, 11) is 2.98. The number of amides is 1. The highest BCUT2D eigenvalue weighted by Crippen LogP contribution is 2.31. The second kappa shape index (κ2) is 7.91. The van der Waals surface area contributed by atoms with E-state index >= 15 is 0 Å². The van der Waals surface area contributed by atoms with E-state index in [9.17, 15) is 19.3 Å². The van der Waals surface area contributed by atoms with Crippen molar-refractivity contribution in [3.8, 4) is 11.5 Å². The fourth-order valence-electron chi connectivity index (χ4n) is 2.12. The summed E-state index contributed by atoms with van der Waals surface area (Å²) in [5.41, 5.74) is 0.0127. The fourth-order valence-corrected chi connectivity index (χ4v) is 2.12. The summed E-state index contributed by atoms with van der Waals surface area (Å²) < 4.78 is 23.7. The van der Waals surface area contributed by atoms with Crippen LogP contribution in [0.1, 0.15) is 5.56 Å². The molecule has 1 amide bonds. The standard InChI is InChI=1S/C17H15FN2O5/c1-24-15-5-3-4-11(17(15)25-2)6-9-16(21)19-12-7-8-13(18)14(10-12)20(22)23/h3-10H,1-2H3,(H,19,21)/b9-6+. The molecule has 25 heavy (non-hydrogen) atoms. The van der Waals surface area contributed by atoms with Gasteiger partial charge in [-0.3, -0.25) is 14.9 Å². The first-order valence-corrected chi connectivity index (χ1v) is 7.10. The van der Waals surface area contributed by atoms with Gasteiger partial charge in [0.15, 0.2) is 11.5 Å². The Bertz CT molecular complexity index is 836. The molecule has 0 radical (unpaired) electrons. The number of nitrogens with zero attached hydrogens (tertiary/aromatic N) is 1. The first-order chi connectivity index (χ1) is 12.0. The minimum absolute atomic E-state index is 0.111. The van der Waals surface area contributed by atoms with Gasteiger partial charge in [-0.15, -0.1) is 0 Å². The molecule has 0 fully saturated rings. The predicted octanol–water partition coefficient (Wildman–Crippen LogP) is 3.40. The second-order valence-electron chi connectivity index (χ2n) is 4.83. The number of nitro groups is 1. The summed E-state index contributed by atoms with van der Waals surface area (Å²) in [6.45, 7) is 0. The molecule has 0 aliphatic carbocycles. The third-order valence-corrected chi connectivity index (χ3v) is 3.26. The number of hydrogen-bond donors (Lipinski definition) is 1. The number of methoxy groups -OCH3 is 2. The number of halogens is 1. The maximum absolute atomic E-state index is 13.3. The van der Waals surface area contributed by atoms with Gasteiger partial charge in [0.1, 0.15) is 0 Å². The monoisotopic (exact) mass is 346 g/mol. The van der Waals surface area contributed by atoms with Gasteiger partial charge in [-0.2, -0.15) is 4.39 Å². The van der Waals surface area contributed by atoms with Gasteiger partial charge in [-0.05, 0) is 24.3 Å². The van der Waals surface area contributed by atoms with Crippen LogP contribution in [0.15, 0.2) is 42.5 Å². The Labute approximate surface area is 142 Å². The molecule has 130 valence electrons. The van der Waals surface area contributed by atoms with E-state index in [4.69, 9.17) is 9.47 Å². The third kappa shape index (κ3) is 4.31. The van der Waals surface area contributed by atoms with Crippen LogP contribution in [0.2, 0.25) is 0 Å². The molecular weight excluding hydrogens is 331 g/mol. The van der Waals surface area contributed by atoms with E-state index in [-0.39, 0.29) is 5.69 Å². The highest BCUT2D eigenvalue weighted by atomic mass is 19.1. The van der Waals surface area contributed by atoms with Crippen molar-refractivity contribution in [3.05, 3.63) is 64.0 Å². The van der Waals surface area contributed by atoms with Crippen LogP contribution in [-0.4, -0.2) is 25.1 Å². The van der Waals surface area contributed by atoms with Crippen molar-refractivity contribution in [2.75, 3.05) is 19.5 Å². The maximum atomic E-state index is 13.3. The fraction of sp³-hybridized carbons (Fsp3) is 0.118. The summed E-state index contributed by atoms with van der Waals surface area (Å²) in [5, 5.41) is 13.1. The van der Waals surface area contributed by atoms with Gasteiger partial charge in [-0.1, -0.05) is 12.1 Å². The van der Waals surface area contributed by atoms with Gasteiger partial charge >= 0.3 is 5.69 Å². The van der Waals surface area contributed by atoms with E-state index in [2.05, 4.69) is 5.32 Å². The van der Waals surface area contributed by atoms with E-state index in [1.807, 2.05) is 0 Å². The Morgan fingerprint density at radius 3 is 2.64 bits per heavy atom. The Hall–Kier alpha value is -3.42. The molecule has 1 N–H and O–H groups in total. The molecule has 0 aliphatic heterocycles. The molecule has 0 unspecified atom stereocenters. The molecule has 0 bridgehead atoms. The van der Waals surface area contributed by atoms with E-state index in [0.29, 0.717) is 17.1 Å². The highest BCUT2D eigenvalue weighted by molar-refractivity contribution is 6.02. The number of para-hydroxylation sites is 1. The molecule has 0 spiro atoms. The number of rotatable bonds is 6. The SMILES string of the molecule is COc1cccc(/C=C/C(=O)Nc2ccc(F)c([N+](=O)[O-])c2)c1OC. The van der Waals surface area contributed by atoms with E-state index < -0.39 is 22.3 Å². The van der Waals surface area contributed by atoms with Crippen molar-refractivity contribution in [2.24, 2.45) is 0 Å². The van der Waals surface area contributed by atoms with Crippen molar-refractivity contribution in [2.45, 2.75) is 0 Å². The van der Waals surface area contributed by atoms with Gasteiger partial charge in [0.25, 0.3) is 0 Å². The number of anilines is 1. The second-order valence-corrected chi connectivity index (χ2v) is 4.83. The van der Waals surface area contributed by atoms with Crippen LogP contribution in [0, 0.1) is 15.9 Å². The van der Waals surface area contributed by atoms with Crippen LogP contribution < -0.4 is 14.8 Å². The molecule has 0 aliphatic rings. The van der Waals surface area contributed by atoms with E-state index in [1.165, 1.54) is 32.4 Å².